The lowest BCUT2D eigenvalue weighted by Gasteiger charge is -2.37. The minimum Gasteiger partial charge on any atom is -0.348 e. The smallest absolute Gasteiger partial charge is 0.168 e. The average Bonchev–Trinajstić information content (AvgIpc) is 2.69. The van der Waals surface area contributed by atoms with Crippen molar-refractivity contribution in [1.29, 1.82) is 0 Å². The van der Waals surface area contributed by atoms with E-state index >= 15 is 0 Å². The summed E-state index contributed by atoms with van der Waals surface area (Å²) >= 11 is 0. The first kappa shape index (κ1) is 13.3. The van der Waals surface area contributed by atoms with Gasteiger partial charge in [0, 0.05) is 31.5 Å². The van der Waals surface area contributed by atoms with Gasteiger partial charge in [-0.1, -0.05) is 0 Å². The zero-order chi connectivity index (χ0) is 12.3. The molecule has 0 amide bonds. The summed E-state index contributed by atoms with van der Waals surface area (Å²) in [5.41, 5.74) is 0. The summed E-state index contributed by atoms with van der Waals surface area (Å²) in [6.45, 7) is 4.89. The molecule has 2 rings (SSSR count). The average molecular weight is 242 g/mol. The third-order valence-electron chi connectivity index (χ3n) is 3.72. The molecular weight excluding hydrogens is 216 g/mol. The van der Waals surface area contributed by atoms with E-state index in [1.54, 1.807) is 0 Å². The predicted octanol–water partition coefficient (Wildman–Crippen LogP) is 1.21. The van der Waals surface area contributed by atoms with E-state index in [0.717, 1.165) is 45.4 Å². The van der Waals surface area contributed by atoms with Crippen LogP contribution in [0.15, 0.2) is 0 Å². The molecular formula is C13H26N2O2. The summed E-state index contributed by atoms with van der Waals surface area (Å²) in [5.74, 6) is -0.219. The standard InChI is InChI=1S/C13H26N2O2/c1-11(10-15(2)3)14-12-4-6-13(7-5-12)16-8-9-17-13/h11-12,14H,4-10H2,1-3H3. The highest BCUT2D eigenvalue weighted by Crippen LogP contribution is 2.35. The molecule has 2 fully saturated rings. The van der Waals surface area contributed by atoms with Crippen molar-refractivity contribution in [1.82, 2.24) is 10.2 Å². The van der Waals surface area contributed by atoms with Gasteiger partial charge in [-0.15, -0.1) is 0 Å². The Kier molecular flexibility index (Phi) is 4.42. The van der Waals surface area contributed by atoms with Gasteiger partial charge in [-0.25, -0.2) is 0 Å². The van der Waals surface area contributed by atoms with Gasteiger partial charge in [0.05, 0.1) is 13.2 Å². The minimum atomic E-state index is -0.219. The van der Waals surface area contributed by atoms with E-state index in [1.165, 1.54) is 0 Å². The number of hydrogen-bond acceptors (Lipinski definition) is 4. The lowest BCUT2D eigenvalue weighted by atomic mass is 9.89. The van der Waals surface area contributed by atoms with Crippen LogP contribution in [0.2, 0.25) is 0 Å². The number of likely N-dealkylation sites (N-methyl/N-ethyl adjacent to an activating group) is 1. The molecule has 1 spiro atoms. The molecule has 0 radical (unpaired) electrons. The Hall–Kier alpha value is -0.160. The molecule has 100 valence electrons. The summed E-state index contributed by atoms with van der Waals surface area (Å²) in [7, 11) is 4.24. The second-order valence-corrected chi connectivity index (χ2v) is 5.71. The van der Waals surface area contributed by atoms with Crippen LogP contribution in [0.3, 0.4) is 0 Å². The van der Waals surface area contributed by atoms with Crippen LogP contribution in [0.1, 0.15) is 32.6 Å². The molecule has 2 aliphatic rings. The summed E-state index contributed by atoms with van der Waals surface area (Å²) < 4.78 is 11.5. The highest BCUT2D eigenvalue weighted by molar-refractivity contribution is 4.86. The monoisotopic (exact) mass is 242 g/mol. The van der Waals surface area contributed by atoms with Gasteiger partial charge in [-0.2, -0.15) is 0 Å². The van der Waals surface area contributed by atoms with Crippen molar-refractivity contribution < 1.29 is 9.47 Å². The molecule has 1 aliphatic heterocycles. The highest BCUT2D eigenvalue weighted by atomic mass is 16.7. The van der Waals surface area contributed by atoms with Crippen molar-refractivity contribution in [3.63, 3.8) is 0 Å². The Morgan fingerprint density at radius 3 is 2.35 bits per heavy atom. The number of nitrogens with one attached hydrogen (secondary N) is 1. The van der Waals surface area contributed by atoms with Crippen LogP contribution in [0, 0.1) is 0 Å². The Balaban J connectivity index is 1.71. The van der Waals surface area contributed by atoms with E-state index in [1.807, 2.05) is 0 Å². The van der Waals surface area contributed by atoms with Crippen LogP contribution < -0.4 is 5.32 Å². The van der Waals surface area contributed by atoms with E-state index < -0.39 is 0 Å². The summed E-state index contributed by atoms with van der Waals surface area (Å²) in [6, 6.07) is 1.18. The molecule has 0 bridgehead atoms. The molecule has 1 aliphatic carbocycles. The van der Waals surface area contributed by atoms with E-state index in [-0.39, 0.29) is 5.79 Å². The van der Waals surface area contributed by atoms with Gasteiger partial charge in [-0.3, -0.25) is 0 Å². The lowest BCUT2D eigenvalue weighted by molar-refractivity contribution is -0.179. The number of hydrogen-bond donors (Lipinski definition) is 1. The molecule has 1 unspecified atom stereocenters. The Bertz CT molecular complexity index is 230. The summed E-state index contributed by atoms with van der Waals surface area (Å²) in [4.78, 5) is 2.23. The molecule has 0 aromatic carbocycles. The van der Waals surface area contributed by atoms with Gasteiger partial charge in [0.2, 0.25) is 0 Å². The first-order chi connectivity index (χ1) is 8.10. The zero-order valence-corrected chi connectivity index (χ0v) is 11.4. The Morgan fingerprint density at radius 2 is 1.82 bits per heavy atom. The van der Waals surface area contributed by atoms with E-state index in [4.69, 9.17) is 9.47 Å². The molecule has 1 saturated heterocycles. The first-order valence-electron chi connectivity index (χ1n) is 6.78. The van der Waals surface area contributed by atoms with Crippen molar-refractivity contribution in [3.8, 4) is 0 Å². The second kappa shape index (κ2) is 5.65. The third-order valence-corrected chi connectivity index (χ3v) is 3.72. The van der Waals surface area contributed by atoms with Crippen LogP contribution in [0.4, 0.5) is 0 Å². The van der Waals surface area contributed by atoms with Crippen molar-refractivity contribution in [3.05, 3.63) is 0 Å². The number of ether oxygens (including phenoxy) is 2. The molecule has 4 heteroatoms. The van der Waals surface area contributed by atoms with E-state index in [9.17, 15) is 0 Å². The summed E-state index contributed by atoms with van der Waals surface area (Å²) in [6.07, 6.45) is 4.41. The molecule has 17 heavy (non-hydrogen) atoms. The van der Waals surface area contributed by atoms with Gasteiger partial charge in [-0.05, 0) is 33.9 Å². The van der Waals surface area contributed by atoms with Gasteiger partial charge in [0.25, 0.3) is 0 Å². The molecule has 0 aromatic rings. The minimum absolute atomic E-state index is 0.219. The van der Waals surface area contributed by atoms with Crippen LogP contribution in [0.25, 0.3) is 0 Å². The van der Waals surface area contributed by atoms with Crippen LogP contribution >= 0.6 is 0 Å². The maximum atomic E-state index is 5.74. The van der Waals surface area contributed by atoms with Crippen molar-refractivity contribution in [2.45, 2.75) is 50.5 Å². The molecule has 1 N–H and O–H groups in total. The fourth-order valence-electron chi connectivity index (χ4n) is 3.01. The van der Waals surface area contributed by atoms with Crippen molar-refractivity contribution in [2.24, 2.45) is 0 Å². The predicted molar refractivity (Wildman–Crippen MR) is 68.0 cm³/mol. The second-order valence-electron chi connectivity index (χ2n) is 5.71. The third kappa shape index (κ3) is 3.65. The summed E-state index contributed by atoms with van der Waals surface area (Å²) in [5, 5.41) is 3.70. The van der Waals surface area contributed by atoms with Gasteiger partial charge in [0.1, 0.15) is 0 Å². The first-order valence-corrected chi connectivity index (χ1v) is 6.78. The molecule has 1 atom stereocenters. The maximum absolute atomic E-state index is 5.74. The molecule has 0 aromatic heterocycles. The fourth-order valence-corrected chi connectivity index (χ4v) is 3.01. The lowest BCUT2D eigenvalue weighted by Crippen LogP contribution is -2.47. The number of nitrogens with zero attached hydrogens (tertiary/aromatic N) is 1. The van der Waals surface area contributed by atoms with E-state index in [0.29, 0.717) is 12.1 Å². The number of rotatable bonds is 4. The van der Waals surface area contributed by atoms with Crippen LogP contribution in [0.5, 0.6) is 0 Å². The fraction of sp³-hybridized carbons (Fsp3) is 1.00. The normalized spacial score (nSPS) is 26.8. The highest BCUT2D eigenvalue weighted by Gasteiger charge is 2.40. The van der Waals surface area contributed by atoms with Gasteiger partial charge >= 0.3 is 0 Å². The topological polar surface area (TPSA) is 33.7 Å². The van der Waals surface area contributed by atoms with Crippen LogP contribution in [-0.4, -0.2) is 56.6 Å². The Labute approximate surface area is 105 Å². The van der Waals surface area contributed by atoms with Gasteiger partial charge in [0.15, 0.2) is 5.79 Å². The maximum Gasteiger partial charge on any atom is 0.168 e. The molecule has 1 heterocycles. The van der Waals surface area contributed by atoms with Crippen LogP contribution in [-0.2, 0) is 9.47 Å². The molecule has 4 nitrogen and oxygen atoms in total. The Morgan fingerprint density at radius 1 is 1.24 bits per heavy atom. The largest absolute Gasteiger partial charge is 0.348 e. The molecule has 1 saturated carbocycles. The van der Waals surface area contributed by atoms with Gasteiger partial charge < -0.3 is 19.7 Å². The van der Waals surface area contributed by atoms with Crippen molar-refractivity contribution in [2.75, 3.05) is 33.9 Å². The SMILES string of the molecule is CC(CN(C)C)NC1CCC2(CC1)OCCO2. The quantitative estimate of drug-likeness (QED) is 0.803. The van der Waals surface area contributed by atoms with E-state index in [2.05, 4.69) is 31.2 Å². The zero-order valence-electron chi connectivity index (χ0n) is 11.4. The van der Waals surface area contributed by atoms with Crippen molar-refractivity contribution >= 4 is 0 Å².